The summed E-state index contributed by atoms with van der Waals surface area (Å²) in [5, 5.41) is 0. The normalized spacial score (nSPS) is 16.6. The Morgan fingerprint density at radius 2 is 1.94 bits per heavy atom. The van der Waals surface area contributed by atoms with Gasteiger partial charge in [0.05, 0.1) is 0 Å². The maximum absolute atomic E-state index is 6.34. The zero-order valence-electron chi connectivity index (χ0n) is 11.9. The Morgan fingerprint density at radius 1 is 1.28 bits per heavy atom. The first-order chi connectivity index (χ1) is 8.51. The van der Waals surface area contributed by atoms with E-state index in [0.29, 0.717) is 6.04 Å². The smallest absolute Gasteiger partial charge is 0.0499 e. The molecule has 2 nitrogen and oxygen atoms in total. The Hall–Kier alpha value is -0.380. The van der Waals surface area contributed by atoms with Crippen molar-refractivity contribution in [3.05, 3.63) is 34.3 Å². The molecular formula is C15H25BrN2. The van der Waals surface area contributed by atoms with Crippen LogP contribution in [0.5, 0.6) is 0 Å². The molecule has 0 spiro atoms. The van der Waals surface area contributed by atoms with Crippen molar-refractivity contribution in [2.75, 3.05) is 7.05 Å². The summed E-state index contributed by atoms with van der Waals surface area (Å²) in [6.07, 6.45) is 2.12. The van der Waals surface area contributed by atoms with Crippen LogP contribution in [-0.4, -0.2) is 24.0 Å². The Bertz CT molecular complexity index is 367. The molecule has 3 atom stereocenters. The molecule has 0 radical (unpaired) electrons. The Morgan fingerprint density at radius 3 is 2.44 bits per heavy atom. The number of nitrogens with two attached hydrogens (primary N) is 1. The van der Waals surface area contributed by atoms with Crippen LogP contribution in [0.15, 0.2) is 28.7 Å². The minimum Gasteiger partial charge on any atom is -0.326 e. The maximum Gasteiger partial charge on any atom is 0.0499 e. The molecule has 18 heavy (non-hydrogen) atoms. The molecule has 2 N–H and O–H groups in total. The number of nitrogens with zero attached hydrogens (tertiary/aromatic N) is 1. The molecule has 0 saturated carbocycles. The Balaban J connectivity index is 3.05. The molecule has 0 fully saturated rings. The first-order valence-electron chi connectivity index (χ1n) is 6.74. The number of likely N-dealkylation sites (N-methyl/N-ethyl adjacent to an activating group) is 1. The number of hydrogen-bond donors (Lipinski definition) is 1. The molecule has 0 bridgehead atoms. The molecule has 0 amide bonds. The predicted molar refractivity (Wildman–Crippen MR) is 82.7 cm³/mol. The van der Waals surface area contributed by atoms with Crippen LogP contribution in [0, 0.1) is 0 Å². The molecule has 102 valence electrons. The summed E-state index contributed by atoms with van der Waals surface area (Å²) in [7, 11) is 2.18. The lowest BCUT2D eigenvalue weighted by molar-refractivity contribution is 0.155. The third-order valence-corrected chi connectivity index (χ3v) is 4.29. The molecule has 1 aromatic rings. The van der Waals surface area contributed by atoms with Gasteiger partial charge in [-0.05, 0) is 44.5 Å². The van der Waals surface area contributed by atoms with Crippen LogP contribution < -0.4 is 5.73 Å². The van der Waals surface area contributed by atoms with Crippen molar-refractivity contribution in [2.24, 2.45) is 5.73 Å². The van der Waals surface area contributed by atoms with E-state index >= 15 is 0 Å². The highest BCUT2D eigenvalue weighted by Crippen LogP contribution is 2.28. The average molecular weight is 313 g/mol. The fraction of sp³-hybridized carbons (Fsp3) is 0.600. The van der Waals surface area contributed by atoms with E-state index in [2.05, 4.69) is 72.9 Å². The number of benzene rings is 1. The van der Waals surface area contributed by atoms with Gasteiger partial charge in [0.15, 0.2) is 0 Å². The summed E-state index contributed by atoms with van der Waals surface area (Å²) < 4.78 is 1.12. The van der Waals surface area contributed by atoms with E-state index in [-0.39, 0.29) is 12.1 Å². The van der Waals surface area contributed by atoms with Crippen molar-refractivity contribution >= 4 is 15.9 Å². The SMILES string of the molecule is CCC(N)C(c1cccc(Br)c1)N(C)C(C)CC. The first kappa shape index (κ1) is 15.7. The standard InChI is InChI=1S/C15H25BrN2/c1-5-11(3)18(4)15(14(17)6-2)12-8-7-9-13(16)10-12/h7-11,14-15H,5-6,17H2,1-4H3. The van der Waals surface area contributed by atoms with Gasteiger partial charge >= 0.3 is 0 Å². The van der Waals surface area contributed by atoms with Crippen LogP contribution in [0.1, 0.15) is 45.2 Å². The van der Waals surface area contributed by atoms with Crippen molar-refractivity contribution in [2.45, 2.75) is 51.7 Å². The molecule has 0 heterocycles. The second kappa shape index (κ2) is 7.27. The van der Waals surface area contributed by atoms with Gasteiger partial charge in [0, 0.05) is 22.6 Å². The third-order valence-electron chi connectivity index (χ3n) is 3.79. The quantitative estimate of drug-likeness (QED) is 0.861. The van der Waals surface area contributed by atoms with Gasteiger partial charge in [0.25, 0.3) is 0 Å². The van der Waals surface area contributed by atoms with E-state index in [1.165, 1.54) is 5.56 Å². The molecule has 1 rings (SSSR count). The molecule has 0 aliphatic heterocycles. The lowest BCUT2D eigenvalue weighted by Crippen LogP contribution is -2.42. The van der Waals surface area contributed by atoms with Gasteiger partial charge in [-0.25, -0.2) is 0 Å². The number of rotatable bonds is 6. The zero-order valence-corrected chi connectivity index (χ0v) is 13.4. The second-order valence-corrected chi connectivity index (χ2v) is 5.91. The summed E-state index contributed by atoms with van der Waals surface area (Å²) in [5.74, 6) is 0. The largest absolute Gasteiger partial charge is 0.326 e. The van der Waals surface area contributed by atoms with Gasteiger partial charge in [-0.3, -0.25) is 4.90 Å². The molecule has 0 aliphatic carbocycles. The third kappa shape index (κ3) is 3.81. The van der Waals surface area contributed by atoms with Gasteiger partial charge in [-0.15, -0.1) is 0 Å². The summed E-state index contributed by atoms with van der Waals surface area (Å²) >= 11 is 3.55. The molecular weight excluding hydrogens is 288 g/mol. The van der Waals surface area contributed by atoms with Crippen LogP contribution in [0.2, 0.25) is 0 Å². The molecule has 3 unspecified atom stereocenters. The van der Waals surface area contributed by atoms with Crippen molar-refractivity contribution in [3.8, 4) is 0 Å². The van der Waals surface area contributed by atoms with Crippen molar-refractivity contribution in [1.29, 1.82) is 0 Å². The summed E-state index contributed by atoms with van der Waals surface area (Å²) in [6.45, 7) is 6.63. The van der Waals surface area contributed by atoms with Gasteiger partial charge < -0.3 is 5.73 Å². The van der Waals surface area contributed by atoms with Crippen LogP contribution in [-0.2, 0) is 0 Å². The van der Waals surface area contributed by atoms with Crippen LogP contribution in [0.25, 0.3) is 0 Å². The molecule has 3 heteroatoms. The highest BCUT2D eigenvalue weighted by atomic mass is 79.9. The summed E-state index contributed by atoms with van der Waals surface area (Å²) in [6, 6.07) is 9.47. The van der Waals surface area contributed by atoms with Gasteiger partial charge in [-0.2, -0.15) is 0 Å². The minimum atomic E-state index is 0.165. The van der Waals surface area contributed by atoms with E-state index in [0.717, 1.165) is 17.3 Å². The summed E-state index contributed by atoms with van der Waals surface area (Å²) in [4.78, 5) is 2.40. The lowest BCUT2D eigenvalue weighted by Gasteiger charge is -2.36. The van der Waals surface area contributed by atoms with E-state index in [1.807, 2.05) is 0 Å². The van der Waals surface area contributed by atoms with E-state index in [1.54, 1.807) is 0 Å². The van der Waals surface area contributed by atoms with Crippen molar-refractivity contribution in [1.82, 2.24) is 4.90 Å². The summed E-state index contributed by atoms with van der Waals surface area (Å²) in [5.41, 5.74) is 7.63. The number of hydrogen-bond acceptors (Lipinski definition) is 2. The van der Waals surface area contributed by atoms with Gasteiger partial charge in [0.1, 0.15) is 0 Å². The Kier molecular flexibility index (Phi) is 6.33. The first-order valence-corrected chi connectivity index (χ1v) is 7.53. The van der Waals surface area contributed by atoms with Gasteiger partial charge in [0.2, 0.25) is 0 Å². The second-order valence-electron chi connectivity index (χ2n) is 4.99. The molecule has 1 aromatic carbocycles. The monoisotopic (exact) mass is 312 g/mol. The van der Waals surface area contributed by atoms with Crippen LogP contribution >= 0.6 is 15.9 Å². The van der Waals surface area contributed by atoms with Crippen molar-refractivity contribution < 1.29 is 0 Å². The van der Waals surface area contributed by atoms with E-state index in [4.69, 9.17) is 5.73 Å². The maximum atomic E-state index is 6.34. The van der Waals surface area contributed by atoms with E-state index < -0.39 is 0 Å². The molecule has 0 aromatic heterocycles. The Labute approximate surface area is 120 Å². The predicted octanol–water partition coefficient (Wildman–Crippen LogP) is 3.96. The number of halogens is 1. The average Bonchev–Trinajstić information content (AvgIpc) is 2.37. The molecule has 0 aliphatic rings. The highest BCUT2D eigenvalue weighted by molar-refractivity contribution is 9.10. The highest BCUT2D eigenvalue weighted by Gasteiger charge is 2.25. The van der Waals surface area contributed by atoms with E-state index in [9.17, 15) is 0 Å². The van der Waals surface area contributed by atoms with Crippen LogP contribution in [0.4, 0.5) is 0 Å². The fourth-order valence-electron chi connectivity index (χ4n) is 2.26. The topological polar surface area (TPSA) is 29.3 Å². The minimum absolute atomic E-state index is 0.165. The van der Waals surface area contributed by atoms with Crippen LogP contribution in [0.3, 0.4) is 0 Å². The fourth-order valence-corrected chi connectivity index (χ4v) is 2.68. The zero-order chi connectivity index (χ0) is 13.7. The van der Waals surface area contributed by atoms with Gasteiger partial charge in [-0.1, -0.05) is 41.9 Å². The molecule has 0 saturated heterocycles. The van der Waals surface area contributed by atoms with Crippen molar-refractivity contribution in [3.63, 3.8) is 0 Å². The lowest BCUT2D eigenvalue weighted by atomic mass is 9.95.